The fraction of sp³-hybridized carbons (Fsp3) is 0.333. The van der Waals surface area contributed by atoms with E-state index in [1.54, 1.807) is 0 Å². The predicted octanol–water partition coefficient (Wildman–Crippen LogP) is 2.41. The lowest BCUT2D eigenvalue weighted by Crippen LogP contribution is -2.75. The molecular weight excluding hydrogens is 272 g/mol. The van der Waals surface area contributed by atoms with Gasteiger partial charge >= 0.3 is 0 Å². The van der Waals surface area contributed by atoms with Crippen molar-refractivity contribution in [2.45, 2.75) is 39.5 Å². The molecule has 0 saturated heterocycles. The second-order valence-corrected chi connectivity index (χ2v) is 9.17. The van der Waals surface area contributed by atoms with E-state index in [4.69, 9.17) is 10.8 Å². The third-order valence-electron chi connectivity index (χ3n) is 4.04. The lowest BCUT2D eigenvalue weighted by Gasteiger charge is -2.30. The van der Waals surface area contributed by atoms with Crippen LogP contribution in [0.25, 0.3) is 0 Å². The van der Waals surface area contributed by atoms with Crippen molar-refractivity contribution in [1.29, 1.82) is 0 Å². The molecule has 0 aliphatic carbocycles. The molecule has 0 heterocycles. The van der Waals surface area contributed by atoms with Crippen LogP contribution in [0.1, 0.15) is 50.7 Å². The van der Waals surface area contributed by atoms with Gasteiger partial charge in [0.05, 0.1) is 0 Å². The Hall–Kier alpha value is -1.42. The normalized spacial score (nSPS) is 12.2. The van der Waals surface area contributed by atoms with Gasteiger partial charge in [0.15, 0.2) is 0 Å². The summed E-state index contributed by atoms with van der Waals surface area (Å²) in [6.45, 7) is 8.83. The molecule has 2 aromatic carbocycles. The summed E-state index contributed by atoms with van der Waals surface area (Å²) in [7, 11) is -2.67. The lowest BCUT2D eigenvalue weighted by atomic mass is 9.95. The van der Waals surface area contributed by atoms with Crippen molar-refractivity contribution < 1.29 is 0 Å². The van der Waals surface area contributed by atoms with Gasteiger partial charge in [0.2, 0.25) is 0 Å². The van der Waals surface area contributed by atoms with E-state index in [9.17, 15) is 0 Å². The van der Waals surface area contributed by atoms with Crippen LogP contribution in [0.5, 0.6) is 0 Å². The summed E-state index contributed by atoms with van der Waals surface area (Å²) in [6.07, 6.45) is 0. The number of hydrogen-bond acceptors (Lipinski definition) is 2. The monoisotopic (exact) mass is 298 g/mol. The van der Waals surface area contributed by atoms with E-state index in [-0.39, 0.29) is 0 Å². The molecule has 0 radical (unpaired) electrons. The average Bonchev–Trinajstić information content (AvgIpc) is 2.47. The van der Waals surface area contributed by atoms with Gasteiger partial charge in [-0.1, -0.05) is 76.2 Å². The first-order valence-electron chi connectivity index (χ1n) is 7.62. The molecule has 2 rings (SSSR count). The lowest BCUT2D eigenvalue weighted by molar-refractivity contribution is 0.843. The molecule has 0 aliphatic rings. The van der Waals surface area contributed by atoms with Crippen molar-refractivity contribution in [2.75, 3.05) is 0 Å². The minimum atomic E-state index is -2.67. The van der Waals surface area contributed by atoms with Gasteiger partial charge in [0.25, 0.3) is 8.40 Å². The van der Waals surface area contributed by atoms with Gasteiger partial charge in [0, 0.05) is 0 Å². The van der Waals surface area contributed by atoms with Crippen molar-refractivity contribution in [3.8, 4) is 0 Å². The van der Waals surface area contributed by atoms with E-state index >= 15 is 0 Å². The van der Waals surface area contributed by atoms with Gasteiger partial charge in [-0.15, -0.1) is 0 Å². The molecule has 2 nitrogen and oxygen atoms in total. The molecule has 0 aliphatic heterocycles. The maximum Gasteiger partial charge on any atom is 0.262 e. The van der Waals surface area contributed by atoms with Crippen LogP contribution < -0.4 is 21.2 Å². The zero-order valence-electron chi connectivity index (χ0n) is 13.4. The van der Waals surface area contributed by atoms with Gasteiger partial charge in [-0.05, 0) is 33.3 Å². The minimum Gasteiger partial charge on any atom is -0.332 e. The molecule has 3 heteroatoms. The Morgan fingerprint density at radius 3 is 1.62 bits per heavy atom. The molecule has 0 fully saturated rings. The standard InChI is InChI=1S/C18H26N2Si/c1-13(2)16-11-8-12-17(14(3)4)18(16)21(19,20)15-9-6-5-7-10-15/h5-14H,19-20H2,1-4H3. The highest BCUT2D eigenvalue weighted by molar-refractivity contribution is 6.98. The summed E-state index contributed by atoms with van der Waals surface area (Å²) in [6, 6.07) is 16.6. The van der Waals surface area contributed by atoms with E-state index in [1.807, 2.05) is 18.2 Å². The molecule has 0 amide bonds. The largest absolute Gasteiger partial charge is 0.332 e. The summed E-state index contributed by atoms with van der Waals surface area (Å²) in [4.78, 5) is 0. The van der Waals surface area contributed by atoms with Crippen molar-refractivity contribution in [2.24, 2.45) is 10.8 Å². The fourth-order valence-corrected chi connectivity index (χ4v) is 5.62. The van der Waals surface area contributed by atoms with Crippen molar-refractivity contribution in [3.05, 3.63) is 59.7 Å². The first-order chi connectivity index (χ1) is 9.85. The smallest absolute Gasteiger partial charge is 0.262 e. The second kappa shape index (κ2) is 6.14. The number of benzene rings is 2. The molecule has 2 aromatic rings. The van der Waals surface area contributed by atoms with Crippen molar-refractivity contribution >= 4 is 18.8 Å². The molecular formula is C18H26N2Si. The maximum absolute atomic E-state index is 6.75. The maximum atomic E-state index is 6.75. The summed E-state index contributed by atoms with van der Waals surface area (Å²) in [5.74, 6) is 0.836. The molecule has 0 saturated carbocycles. The van der Waals surface area contributed by atoms with Crippen LogP contribution in [0.2, 0.25) is 0 Å². The van der Waals surface area contributed by atoms with E-state index in [1.165, 1.54) is 16.3 Å². The van der Waals surface area contributed by atoms with E-state index in [0.29, 0.717) is 11.8 Å². The molecule has 112 valence electrons. The van der Waals surface area contributed by atoms with Gasteiger partial charge in [-0.2, -0.15) is 0 Å². The number of rotatable bonds is 4. The molecule has 0 unspecified atom stereocenters. The molecule has 0 aromatic heterocycles. The zero-order chi connectivity index (χ0) is 15.6. The van der Waals surface area contributed by atoms with Crippen LogP contribution >= 0.6 is 0 Å². The Morgan fingerprint density at radius 2 is 1.19 bits per heavy atom. The third kappa shape index (κ3) is 3.10. The highest BCUT2D eigenvalue weighted by Gasteiger charge is 2.34. The van der Waals surface area contributed by atoms with Crippen LogP contribution in [-0.2, 0) is 0 Å². The summed E-state index contributed by atoms with van der Waals surface area (Å²) in [5.41, 5.74) is 2.59. The summed E-state index contributed by atoms with van der Waals surface area (Å²) < 4.78 is 0. The Balaban J connectivity index is 2.71. The minimum absolute atomic E-state index is 0.418. The summed E-state index contributed by atoms with van der Waals surface area (Å²) in [5, 5.41) is 15.8. The van der Waals surface area contributed by atoms with Gasteiger partial charge < -0.3 is 10.8 Å². The molecule has 21 heavy (non-hydrogen) atoms. The van der Waals surface area contributed by atoms with Crippen LogP contribution in [0, 0.1) is 0 Å². The van der Waals surface area contributed by atoms with E-state index in [2.05, 4.69) is 58.0 Å². The van der Waals surface area contributed by atoms with Gasteiger partial charge in [-0.25, -0.2) is 0 Å². The first-order valence-corrected chi connectivity index (χ1v) is 9.77. The highest BCUT2D eigenvalue weighted by atomic mass is 28.3. The van der Waals surface area contributed by atoms with Crippen LogP contribution in [0.4, 0.5) is 0 Å². The Morgan fingerprint density at radius 1 is 0.714 bits per heavy atom. The van der Waals surface area contributed by atoms with E-state index < -0.39 is 8.40 Å². The topological polar surface area (TPSA) is 52.0 Å². The van der Waals surface area contributed by atoms with Crippen molar-refractivity contribution in [3.63, 3.8) is 0 Å². The Labute approximate surface area is 129 Å². The third-order valence-corrected chi connectivity index (χ3v) is 6.73. The van der Waals surface area contributed by atoms with Gasteiger partial charge in [-0.3, -0.25) is 0 Å². The molecule has 4 N–H and O–H groups in total. The second-order valence-electron chi connectivity index (χ2n) is 6.36. The molecule has 0 spiro atoms. The highest BCUT2D eigenvalue weighted by Crippen LogP contribution is 2.20. The quantitative estimate of drug-likeness (QED) is 0.852. The SMILES string of the molecule is CC(C)c1cccc(C(C)C)c1[Si](N)(N)c1ccccc1. The Bertz CT molecular complexity index is 578. The average molecular weight is 299 g/mol. The molecule has 0 atom stereocenters. The Kier molecular flexibility index (Phi) is 4.66. The fourth-order valence-electron chi connectivity index (χ4n) is 2.89. The van der Waals surface area contributed by atoms with Crippen molar-refractivity contribution in [1.82, 2.24) is 0 Å². The predicted molar refractivity (Wildman–Crippen MR) is 94.5 cm³/mol. The molecule has 0 bridgehead atoms. The number of nitrogens with two attached hydrogens (primary N) is 2. The van der Waals surface area contributed by atoms with Crippen LogP contribution in [0.3, 0.4) is 0 Å². The van der Waals surface area contributed by atoms with Crippen LogP contribution in [-0.4, -0.2) is 8.40 Å². The van der Waals surface area contributed by atoms with Crippen LogP contribution in [0.15, 0.2) is 48.5 Å². The first kappa shape index (κ1) is 16.0. The van der Waals surface area contributed by atoms with E-state index in [0.717, 1.165) is 5.19 Å². The van der Waals surface area contributed by atoms with Gasteiger partial charge in [0.1, 0.15) is 0 Å². The number of hydrogen-bond donors (Lipinski definition) is 2. The zero-order valence-corrected chi connectivity index (χ0v) is 14.4. The summed E-state index contributed by atoms with van der Waals surface area (Å²) >= 11 is 0.